The Balaban J connectivity index is 2.46. The van der Waals surface area contributed by atoms with E-state index in [1.165, 1.54) is 25.7 Å². The third-order valence-electron chi connectivity index (χ3n) is 4.43. The summed E-state index contributed by atoms with van der Waals surface area (Å²) in [4.78, 5) is 13.6. The van der Waals surface area contributed by atoms with Crippen LogP contribution in [0.5, 0.6) is 0 Å². The molecule has 1 rings (SSSR count). The molecule has 3 N–H and O–H groups in total. The lowest BCUT2D eigenvalue weighted by molar-refractivity contribution is -0.120. The Bertz CT molecular complexity index is 270. The molecule has 2 unspecified atom stereocenters. The Kier molecular flexibility index (Phi) is 6.09. The lowest BCUT2D eigenvalue weighted by Crippen LogP contribution is -2.54. The number of hydrogen-bond donors (Lipinski definition) is 2. The predicted octanol–water partition coefficient (Wildman–Crippen LogP) is 1.35. The van der Waals surface area contributed by atoms with Crippen molar-refractivity contribution in [3.8, 4) is 0 Å². The van der Waals surface area contributed by atoms with Gasteiger partial charge < -0.3 is 11.1 Å². The molecule has 0 bridgehead atoms. The fourth-order valence-electron chi connectivity index (χ4n) is 3.16. The zero-order valence-corrected chi connectivity index (χ0v) is 12.2. The van der Waals surface area contributed by atoms with Gasteiger partial charge in [-0.3, -0.25) is 9.69 Å². The van der Waals surface area contributed by atoms with Crippen molar-refractivity contribution in [3.63, 3.8) is 0 Å². The molecule has 106 valence electrons. The molecule has 1 amide bonds. The zero-order chi connectivity index (χ0) is 13.6. The van der Waals surface area contributed by atoms with E-state index in [0.717, 1.165) is 25.4 Å². The highest BCUT2D eigenvalue weighted by molar-refractivity contribution is 5.75. The van der Waals surface area contributed by atoms with E-state index in [4.69, 9.17) is 5.73 Å². The number of hydrogen-bond acceptors (Lipinski definition) is 3. The minimum Gasteiger partial charge on any atom is -0.359 e. The Labute approximate surface area is 111 Å². The molecule has 0 spiro atoms. The summed E-state index contributed by atoms with van der Waals surface area (Å²) in [5, 5.41) is 2.67. The molecule has 4 nitrogen and oxygen atoms in total. The fraction of sp³-hybridized carbons (Fsp3) is 0.929. The lowest BCUT2D eigenvalue weighted by atomic mass is 9.75. The molecule has 0 aliphatic heterocycles. The van der Waals surface area contributed by atoms with Gasteiger partial charge >= 0.3 is 0 Å². The third-order valence-corrected chi connectivity index (χ3v) is 4.43. The maximum Gasteiger partial charge on any atom is 0.219 e. The van der Waals surface area contributed by atoms with E-state index in [1.54, 1.807) is 7.05 Å². The molecule has 1 fully saturated rings. The van der Waals surface area contributed by atoms with Crippen LogP contribution in [0.4, 0.5) is 0 Å². The molecule has 2 atom stereocenters. The monoisotopic (exact) mass is 255 g/mol. The second-order valence-corrected chi connectivity index (χ2v) is 5.83. The largest absolute Gasteiger partial charge is 0.359 e. The Morgan fingerprint density at radius 3 is 2.83 bits per heavy atom. The first-order valence-electron chi connectivity index (χ1n) is 7.16. The number of nitrogens with one attached hydrogen (secondary N) is 1. The number of nitrogens with two attached hydrogens (primary N) is 1. The van der Waals surface area contributed by atoms with Crippen LogP contribution in [0.1, 0.15) is 45.4 Å². The third kappa shape index (κ3) is 3.95. The molecular weight excluding hydrogens is 226 g/mol. The minimum atomic E-state index is 0.127. The average molecular weight is 255 g/mol. The first-order valence-corrected chi connectivity index (χ1v) is 7.16. The SMILES string of the molecule is CNC(=O)CCCN(C)C1(CN)CCCC(C)C1. The van der Waals surface area contributed by atoms with E-state index in [2.05, 4.69) is 24.2 Å². The highest BCUT2D eigenvalue weighted by Crippen LogP contribution is 2.35. The second-order valence-electron chi connectivity index (χ2n) is 5.83. The van der Waals surface area contributed by atoms with Gasteiger partial charge in [-0.05, 0) is 38.8 Å². The first kappa shape index (κ1) is 15.4. The molecule has 1 aliphatic rings. The van der Waals surface area contributed by atoms with Gasteiger partial charge in [0.1, 0.15) is 0 Å². The van der Waals surface area contributed by atoms with Gasteiger partial charge in [-0.1, -0.05) is 19.8 Å². The van der Waals surface area contributed by atoms with Gasteiger partial charge in [0.2, 0.25) is 5.91 Å². The van der Waals surface area contributed by atoms with Gasteiger partial charge in [-0.15, -0.1) is 0 Å². The lowest BCUT2D eigenvalue weighted by Gasteiger charge is -2.46. The maximum atomic E-state index is 11.2. The smallest absolute Gasteiger partial charge is 0.219 e. The van der Waals surface area contributed by atoms with E-state index >= 15 is 0 Å². The van der Waals surface area contributed by atoms with Crippen LogP contribution < -0.4 is 11.1 Å². The van der Waals surface area contributed by atoms with E-state index in [9.17, 15) is 4.79 Å². The van der Waals surface area contributed by atoms with E-state index < -0.39 is 0 Å². The van der Waals surface area contributed by atoms with Gasteiger partial charge in [0.05, 0.1) is 0 Å². The van der Waals surface area contributed by atoms with Crippen LogP contribution in [-0.4, -0.2) is 43.5 Å². The number of carbonyl (C=O) groups excluding carboxylic acids is 1. The summed E-state index contributed by atoms with van der Waals surface area (Å²) >= 11 is 0. The van der Waals surface area contributed by atoms with Crippen molar-refractivity contribution in [1.29, 1.82) is 0 Å². The van der Waals surface area contributed by atoms with Crippen molar-refractivity contribution in [2.24, 2.45) is 11.7 Å². The predicted molar refractivity (Wildman–Crippen MR) is 75.3 cm³/mol. The standard InChI is InChI=1S/C14H29N3O/c1-12-6-4-8-14(10-12,11-15)17(3)9-5-7-13(18)16-2/h12H,4-11,15H2,1-3H3,(H,16,18). The zero-order valence-electron chi connectivity index (χ0n) is 12.2. The summed E-state index contributed by atoms with van der Waals surface area (Å²) in [6.07, 6.45) is 6.51. The fourth-order valence-corrected chi connectivity index (χ4v) is 3.16. The maximum absolute atomic E-state index is 11.2. The van der Waals surface area contributed by atoms with Crippen LogP contribution in [0, 0.1) is 5.92 Å². The average Bonchev–Trinajstić information content (AvgIpc) is 2.38. The Morgan fingerprint density at radius 2 is 2.28 bits per heavy atom. The van der Waals surface area contributed by atoms with Crippen molar-refractivity contribution in [2.45, 2.75) is 51.0 Å². The molecule has 1 aliphatic carbocycles. The molecule has 0 aromatic heterocycles. The number of nitrogens with zero attached hydrogens (tertiary/aromatic N) is 1. The quantitative estimate of drug-likeness (QED) is 0.753. The van der Waals surface area contributed by atoms with Crippen LogP contribution in [-0.2, 0) is 4.79 Å². The summed E-state index contributed by atoms with van der Waals surface area (Å²) < 4.78 is 0. The van der Waals surface area contributed by atoms with Gasteiger partial charge in [0.25, 0.3) is 0 Å². The van der Waals surface area contributed by atoms with Crippen molar-refractivity contribution in [2.75, 3.05) is 27.2 Å². The summed E-state index contributed by atoms with van der Waals surface area (Å²) in [7, 11) is 3.85. The van der Waals surface area contributed by atoms with Crippen LogP contribution in [0.2, 0.25) is 0 Å². The highest BCUT2D eigenvalue weighted by atomic mass is 16.1. The van der Waals surface area contributed by atoms with Gasteiger partial charge in [0.15, 0.2) is 0 Å². The molecule has 1 saturated carbocycles. The van der Waals surface area contributed by atoms with E-state index in [-0.39, 0.29) is 11.4 Å². The van der Waals surface area contributed by atoms with Crippen LogP contribution in [0.15, 0.2) is 0 Å². The Hall–Kier alpha value is -0.610. The second kappa shape index (κ2) is 7.10. The van der Waals surface area contributed by atoms with Gasteiger partial charge in [-0.25, -0.2) is 0 Å². The first-order chi connectivity index (χ1) is 8.54. The highest BCUT2D eigenvalue weighted by Gasteiger charge is 2.36. The van der Waals surface area contributed by atoms with Crippen molar-refractivity contribution in [3.05, 3.63) is 0 Å². The van der Waals surface area contributed by atoms with Crippen molar-refractivity contribution >= 4 is 5.91 Å². The molecule has 0 heterocycles. The molecule has 18 heavy (non-hydrogen) atoms. The summed E-state index contributed by atoms with van der Waals surface area (Å²) in [5.41, 5.74) is 6.21. The van der Waals surface area contributed by atoms with Crippen LogP contribution in [0.3, 0.4) is 0 Å². The van der Waals surface area contributed by atoms with Crippen LogP contribution >= 0.6 is 0 Å². The van der Waals surface area contributed by atoms with Crippen molar-refractivity contribution in [1.82, 2.24) is 10.2 Å². The van der Waals surface area contributed by atoms with Gasteiger partial charge in [-0.2, -0.15) is 0 Å². The number of carbonyl (C=O) groups is 1. The summed E-state index contributed by atoms with van der Waals surface area (Å²) in [6, 6.07) is 0. The Morgan fingerprint density at radius 1 is 1.56 bits per heavy atom. The topological polar surface area (TPSA) is 58.4 Å². The van der Waals surface area contributed by atoms with E-state index in [1.807, 2.05) is 0 Å². The molecule has 0 aromatic rings. The molecule has 0 aromatic carbocycles. The molecular formula is C14H29N3O. The van der Waals surface area contributed by atoms with E-state index in [0.29, 0.717) is 6.42 Å². The number of amides is 1. The molecule has 0 saturated heterocycles. The minimum absolute atomic E-state index is 0.127. The van der Waals surface area contributed by atoms with Crippen molar-refractivity contribution < 1.29 is 4.79 Å². The normalized spacial score (nSPS) is 28.4. The number of rotatable bonds is 6. The molecule has 4 heteroatoms. The van der Waals surface area contributed by atoms with Gasteiger partial charge in [0, 0.05) is 25.6 Å². The molecule has 0 radical (unpaired) electrons. The summed E-state index contributed by atoms with van der Waals surface area (Å²) in [5.74, 6) is 0.894. The van der Waals surface area contributed by atoms with Crippen LogP contribution in [0.25, 0.3) is 0 Å². The number of likely N-dealkylation sites (N-methyl/N-ethyl adjacent to an activating group) is 1. The summed E-state index contributed by atoms with van der Waals surface area (Å²) in [6.45, 7) is 4.01.